The molecule has 0 unspecified atom stereocenters. The highest BCUT2D eigenvalue weighted by Gasteiger charge is 2.34. The summed E-state index contributed by atoms with van der Waals surface area (Å²) >= 11 is 0. The molecule has 9 heteroatoms. The molecule has 24 heavy (non-hydrogen) atoms. The molecular weight excluding hydrogens is 352 g/mol. The second-order valence-electron chi connectivity index (χ2n) is 6.78. The Kier molecular flexibility index (Phi) is 6.44. The van der Waals surface area contributed by atoms with Crippen molar-refractivity contribution in [2.24, 2.45) is 0 Å². The number of hydrogen-bond acceptors (Lipinski definition) is 7. The predicted octanol–water partition coefficient (Wildman–Crippen LogP) is -0.426. The van der Waals surface area contributed by atoms with Crippen LogP contribution in [0.3, 0.4) is 0 Å². The van der Waals surface area contributed by atoms with Crippen molar-refractivity contribution in [1.29, 1.82) is 0 Å². The Morgan fingerprint density at radius 1 is 0.833 bits per heavy atom. The van der Waals surface area contributed by atoms with E-state index in [1.54, 1.807) is 0 Å². The van der Waals surface area contributed by atoms with E-state index in [4.69, 9.17) is 0 Å². The molecule has 0 spiro atoms. The zero-order valence-corrected chi connectivity index (χ0v) is 16.1. The van der Waals surface area contributed by atoms with Gasteiger partial charge in [0, 0.05) is 12.1 Å². The van der Waals surface area contributed by atoms with Gasteiger partial charge in [-0.15, -0.1) is 0 Å². The van der Waals surface area contributed by atoms with Crippen molar-refractivity contribution in [1.82, 2.24) is 9.80 Å². The topological polar surface area (TPSA) is 91.8 Å². The summed E-state index contributed by atoms with van der Waals surface area (Å²) in [5, 5.41) is 0. The molecule has 0 aromatic rings. The fourth-order valence-electron chi connectivity index (χ4n) is 3.63. The molecule has 140 valence electrons. The van der Waals surface area contributed by atoms with Crippen LogP contribution in [0.25, 0.3) is 0 Å². The number of likely N-dealkylation sites (N-methyl/N-ethyl adjacent to an activating group) is 2. The molecule has 0 aromatic heterocycles. The van der Waals surface area contributed by atoms with Crippen LogP contribution in [-0.2, 0) is 24.5 Å². The van der Waals surface area contributed by atoms with E-state index in [1.165, 1.54) is 0 Å². The van der Waals surface area contributed by atoms with E-state index in [2.05, 4.69) is 0 Å². The van der Waals surface area contributed by atoms with Gasteiger partial charge in [-0.1, -0.05) is 13.8 Å². The van der Waals surface area contributed by atoms with Gasteiger partial charge < -0.3 is 0 Å². The standard InChI is InChI=1S/C15H28N2O5S2/c1-3-16(13-5-7-23(19,20)11-13)9-15(18)10-17(4-2)14-6-8-24(21,22)12-14/h13-14H,3-12H2,1-2H3/t13-,14-/m1/s1. The Morgan fingerprint density at radius 3 is 1.46 bits per heavy atom. The molecule has 2 rings (SSSR count). The maximum Gasteiger partial charge on any atom is 0.160 e. The quantitative estimate of drug-likeness (QED) is 0.564. The van der Waals surface area contributed by atoms with Crippen LogP contribution in [-0.4, -0.2) is 93.7 Å². The van der Waals surface area contributed by atoms with E-state index in [0.29, 0.717) is 25.9 Å². The average molecular weight is 381 g/mol. The molecule has 0 N–H and O–H groups in total. The van der Waals surface area contributed by atoms with Crippen LogP contribution in [0.15, 0.2) is 0 Å². The predicted molar refractivity (Wildman–Crippen MR) is 93.6 cm³/mol. The second-order valence-corrected chi connectivity index (χ2v) is 11.2. The maximum atomic E-state index is 12.4. The largest absolute Gasteiger partial charge is 0.297 e. The third kappa shape index (κ3) is 5.24. The van der Waals surface area contributed by atoms with Crippen LogP contribution >= 0.6 is 0 Å². The van der Waals surface area contributed by atoms with Gasteiger partial charge in [0.05, 0.1) is 36.1 Å². The molecule has 0 saturated carbocycles. The van der Waals surface area contributed by atoms with Gasteiger partial charge in [0.15, 0.2) is 25.5 Å². The minimum Gasteiger partial charge on any atom is -0.297 e. The summed E-state index contributed by atoms with van der Waals surface area (Å²) < 4.78 is 46.5. The second kappa shape index (κ2) is 7.80. The Bertz CT molecular complexity index is 603. The number of nitrogens with zero attached hydrogens (tertiary/aromatic N) is 2. The average Bonchev–Trinajstić information content (AvgIpc) is 3.04. The molecule has 2 fully saturated rings. The van der Waals surface area contributed by atoms with Crippen molar-refractivity contribution >= 4 is 25.5 Å². The molecule has 2 aliphatic heterocycles. The van der Waals surface area contributed by atoms with Crippen molar-refractivity contribution in [3.63, 3.8) is 0 Å². The third-order valence-electron chi connectivity index (χ3n) is 5.02. The smallest absolute Gasteiger partial charge is 0.160 e. The minimum absolute atomic E-state index is 0.0206. The Labute approximate surface area is 145 Å². The van der Waals surface area contributed by atoms with E-state index < -0.39 is 19.7 Å². The van der Waals surface area contributed by atoms with Gasteiger partial charge in [-0.2, -0.15) is 0 Å². The molecule has 2 atom stereocenters. The van der Waals surface area contributed by atoms with Crippen molar-refractivity contribution in [2.45, 2.75) is 38.8 Å². The summed E-state index contributed by atoms with van der Waals surface area (Å²) in [6.07, 6.45) is 1.17. The lowest BCUT2D eigenvalue weighted by Gasteiger charge is -2.29. The van der Waals surface area contributed by atoms with Gasteiger partial charge in [-0.05, 0) is 25.9 Å². The first-order valence-corrected chi connectivity index (χ1v) is 12.2. The van der Waals surface area contributed by atoms with E-state index in [9.17, 15) is 21.6 Å². The van der Waals surface area contributed by atoms with Gasteiger partial charge in [0.25, 0.3) is 0 Å². The first-order chi connectivity index (χ1) is 11.2. The van der Waals surface area contributed by atoms with Crippen molar-refractivity contribution < 1.29 is 21.6 Å². The Balaban J connectivity index is 1.90. The number of rotatable bonds is 8. The van der Waals surface area contributed by atoms with Crippen molar-refractivity contribution in [3.8, 4) is 0 Å². The lowest BCUT2D eigenvalue weighted by atomic mass is 10.1. The summed E-state index contributed by atoms with van der Waals surface area (Å²) in [6, 6.07) is -0.156. The fraction of sp³-hybridized carbons (Fsp3) is 0.933. The number of carbonyl (C=O) groups is 1. The summed E-state index contributed by atoms with van der Waals surface area (Å²) in [4.78, 5) is 16.3. The number of Topliss-reactive ketones (excluding diaryl/α,β-unsaturated/α-hetero) is 1. The molecule has 0 bridgehead atoms. The zero-order chi connectivity index (χ0) is 18.0. The molecule has 0 aromatic carbocycles. The fourth-order valence-corrected chi connectivity index (χ4v) is 7.15. The third-order valence-corrected chi connectivity index (χ3v) is 8.52. The SMILES string of the molecule is CCN(CC(=O)CN(CC)[C@@H]1CCS(=O)(=O)C1)[C@@H]1CCS(=O)(=O)C1. The highest BCUT2D eigenvalue weighted by Crippen LogP contribution is 2.19. The lowest BCUT2D eigenvalue weighted by molar-refractivity contribution is -0.122. The molecule has 2 aliphatic rings. The summed E-state index contributed by atoms with van der Waals surface area (Å²) in [6.45, 7) is 5.59. The van der Waals surface area contributed by atoms with Crippen LogP contribution in [0.1, 0.15) is 26.7 Å². The van der Waals surface area contributed by atoms with Gasteiger partial charge in [0.1, 0.15) is 0 Å². The van der Waals surface area contributed by atoms with E-state index >= 15 is 0 Å². The van der Waals surface area contributed by atoms with Crippen molar-refractivity contribution in [2.75, 3.05) is 49.2 Å². The van der Waals surface area contributed by atoms with E-state index in [-0.39, 0.29) is 54.0 Å². The monoisotopic (exact) mass is 380 g/mol. The number of sulfone groups is 2. The first kappa shape index (κ1) is 19.8. The number of ketones is 1. The number of carbonyl (C=O) groups excluding carboxylic acids is 1. The van der Waals surface area contributed by atoms with Crippen LogP contribution in [0, 0.1) is 0 Å². The molecule has 2 saturated heterocycles. The molecule has 0 aliphatic carbocycles. The summed E-state index contributed by atoms with van der Waals surface area (Å²) in [7, 11) is -5.94. The van der Waals surface area contributed by atoms with Crippen LogP contribution < -0.4 is 0 Å². The molecular formula is C15H28N2O5S2. The Morgan fingerprint density at radius 2 is 1.21 bits per heavy atom. The molecule has 0 amide bonds. The normalized spacial score (nSPS) is 28.7. The molecule has 7 nitrogen and oxygen atoms in total. The van der Waals surface area contributed by atoms with Gasteiger partial charge in [-0.3, -0.25) is 14.6 Å². The van der Waals surface area contributed by atoms with Gasteiger partial charge in [0.2, 0.25) is 0 Å². The van der Waals surface area contributed by atoms with Crippen LogP contribution in [0.5, 0.6) is 0 Å². The lowest BCUT2D eigenvalue weighted by Crippen LogP contribution is -2.45. The highest BCUT2D eigenvalue weighted by atomic mass is 32.2. The Hall–Kier alpha value is -0.510. The molecule has 2 heterocycles. The van der Waals surface area contributed by atoms with Gasteiger partial charge in [-0.25, -0.2) is 16.8 Å². The van der Waals surface area contributed by atoms with Crippen LogP contribution in [0.2, 0.25) is 0 Å². The van der Waals surface area contributed by atoms with E-state index in [0.717, 1.165) is 0 Å². The first-order valence-electron chi connectivity index (χ1n) is 8.56. The molecule has 0 radical (unpaired) electrons. The summed E-state index contributed by atoms with van der Waals surface area (Å²) in [5.41, 5.74) is 0. The minimum atomic E-state index is -2.97. The van der Waals surface area contributed by atoms with Crippen LogP contribution in [0.4, 0.5) is 0 Å². The van der Waals surface area contributed by atoms with E-state index in [1.807, 2.05) is 23.6 Å². The summed E-state index contributed by atoms with van der Waals surface area (Å²) in [5.74, 6) is 0.679. The highest BCUT2D eigenvalue weighted by molar-refractivity contribution is 7.91. The number of hydrogen-bond donors (Lipinski definition) is 0. The zero-order valence-electron chi connectivity index (χ0n) is 14.5. The maximum absolute atomic E-state index is 12.4. The van der Waals surface area contributed by atoms with Crippen molar-refractivity contribution in [3.05, 3.63) is 0 Å². The van der Waals surface area contributed by atoms with Gasteiger partial charge >= 0.3 is 0 Å².